The molecule has 3 atom stereocenters. The van der Waals surface area contributed by atoms with Crippen molar-refractivity contribution in [3.63, 3.8) is 0 Å². The van der Waals surface area contributed by atoms with Gasteiger partial charge in [0.1, 0.15) is 0 Å². The first-order chi connectivity index (χ1) is 14.5. The number of halogens is 1. The first-order valence-electron chi connectivity index (χ1n) is 10.1. The number of fused-ring (bicyclic) bond motifs is 1. The summed E-state index contributed by atoms with van der Waals surface area (Å²) in [6.07, 6.45) is 2.79. The third kappa shape index (κ3) is 3.41. The van der Waals surface area contributed by atoms with E-state index in [1.807, 2.05) is 24.3 Å². The predicted octanol–water partition coefficient (Wildman–Crippen LogP) is 5.48. The molecule has 0 amide bonds. The number of hydrogen-bond donors (Lipinski definition) is 1. The highest BCUT2D eigenvalue weighted by molar-refractivity contribution is 7.17. The van der Waals surface area contributed by atoms with E-state index in [1.54, 1.807) is 18.4 Å². The molecule has 0 saturated carbocycles. The topological polar surface area (TPSA) is 66.8 Å². The van der Waals surface area contributed by atoms with Gasteiger partial charge in [-0.1, -0.05) is 55.0 Å². The fourth-order valence-corrected chi connectivity index (χ4v) is 5.91. The molecule has 4 aromatic rings. The van der Waals surface area contributed by atoms with Crippen LogP contribution in [0, 0.1) is 11.8 Å². The summed E-state index contributed by atoms with van der Waals surface area (Å²) in [5, 5.41) is 16.3. The van der Waals surface area contributed by atoms with Crippen LogP contribution in [0.5, 0.6) is 5.88 Å². The van der Waals surface area contributed by atoms with E-state index in [1.165, 1.54) is 22.3 Å². The average molecular weight is 443 g/mol. The van der Waals surface area contributed by atoms with E-state index in [-0.39, 0.29) is 11.9 Å². The Morgan fingerprint density at radius 3 is 2.60 bits per heavy atom. The lowest BCUT2D eigenvalue weighted by Crippen LogP contribution is -2.41. The predicted molar refractivity (Wildman–Crippen MR) is 118 cm³/mol. The molecule has 0 unspecified atom stereocenters. The SMILES string of the molecule is C[C@@H]1C[C@H](C)CN([C@H](c2ccccc2Cl)c2sc3nc(-c4ccco4)nn3c2O)C1. The summed E-state index contributed by atoms with van der Waals surface area (Å²) in [5.74, 6) is 2.30. The molecule has 1 aliphatic heterocycles. The first-order valence-corrected chi connectivity index (χ1v) is 11.3. The van der Waals surface area contributed by atoms with Gasteiger partial charge in [-0.15, -0.1) is 5.10 Å². The van der Waals surface area contributed by atoms with Crippen LogP contribution >= 0.6 is 22.9 Å². The Morgan fingerprint density at radius 1 is 1.17 bits per heavy atom. The summed E-state index contributed by atoms with van der Waals surface area (Å²) in [4.78, 5) is 8.44. The number of benzene rings is 1. The molecular formula is C22H23ClN4O2S. The number of likely N-dealkylation sites (tertiary alicyclic amines) is 1. The van der Waals surface area contributed by atoms with Gasteiger partial charge in [0, 0.05) is 18.1 Å². The maximum absolute atomic E-state index is 11.2. The number of piperidine rings is 1. The molecule has 156 valence electrons. The van der Waals surface area contributed by atoms with Gasteiger partial charge < -0.3 is 9.52 Å². The molecule has 0 spiro atoms. The van der Waals surface area contributed by atoms with E-state index in [0.717, 1.165) is 23.5 Å². The minimum absolute atomic E-state index is 0.108. The Morgan fingerprint density at radius 2 is 1.93 bits per heavy atom. The molecule has 1 aromatic carbocycles. The van der Waals surface area contributed by atoms with Gasteiger partial charge in [-0.05, 0) is 42.0 Å². The van der Waals surface area contributed by atoms with Crippen molar-refractivity contribution in [3.05, 3.63) is 58.1 Å². The molecule has 1 N–H and O–H groups in total. The summed E-state index contributed by atoms with van der Waals surface area (Å²) in [5.41, 5.74) is 0.992. The number of hydrogen-bond acceptors (Lipinski definition) is 6. The van der Waals surface area contributed by atoms with E-state index in [0.29, 0.717) is 33.4 Å². The fraction of sp³-hybridized carbons (Fsp3) is 0.364. The van der Waals surface area contributed by atoms with Gasteiger partial charge in [0.2, 0.25) is 16.7 Å². The van der Waals surface area contributed by atoms with Crippen LogP contribution in [0.15, 0.2) is 47.1 Å². The molecule has 0 aliphatic carbocycles. The molecule has 3 aromatic heterocycles. The van der Waals surface area contributed by atoms with Crippen molar-refractivity contribution < 1.29 is 9.52 Å². The van der Waals surface area contributed by atoms with Crippen LogP contribution < -0.4 is 0 Å². The van der Waals surface area contributed by atoms with Crippen molar-refractivity contribution in [3.8, 4) is 17.5 Å². The Balaban J connectivity index is 1.62. The highest BCUT2D eigenvalue weighted by Crippen LogP contribution is 2.44. The van der Waals surface area contributed by atoms with Crippen LogP contribution in [0.1, 0.15) is 36.8 Å². The Hall–Kier alpha value is -2.35. The molecule has 5 rings (SSSR count). The normalized spacial score (nSPS) is 21.3. The summed E-state index contributed by atoms with van der Waals surface area (Å²) in [6.45, 7) is 6.46. The second kappa shape index (κ2) is 7.72. The summed E-state index contributed by atoms with van der Waals surface area (Å²) in [6, 6.07) is 11.3. The van der Waals surface area contributed by atoms with E-state index in [2.05, 4.69) is 28.8 Å². The van der Waals surface area contributed by atoms with Gasteiger partial charge in [-0.25, -0.2) is 0 Å². The van der Waals surface area contributed by atoms with Gasteiger partial charge in [-0.2, -0.15) is 9.50 Å². The standard InChI is InChI=1S/C22H23ClN4O2S/c1-13-10-14(2)12-26(11-13)18(15-6-3-4-7-16(15)23)19-21(28)27-22(30-19)24-20(25-27)17-8-5-9-29-17/h3-9,13-14,18,28H,10-12H2,1-2H3/t13-,14+,18-/m1/s1. The van der Waals surface area contributed by atoms with Crippen molar-refractivity contribution >= 4 is 27.9 Å². The Labute approximate surface area is 183 Å². The van der Waals surface area contributed by atoms with Crippen LogP contribution in [-0.4, -0.2) is 37.7 Å². The quantitative estimate of drug-likeness (QED) is 0.453. The summed E-state index contributed by atoms with van der Waals surface area (Å²) < 4.78 is 6.90. The third-order valence-corrected chi connectivity index (χ3v) is 7.07. The molecule has 8 heteroatoms. The average Bonchev–Trinajstić information content (AvgIpc) is 3.42. The molecule has 4 heterocycles. The number of rotatable bonds is 4. The fourth-order valence-electron chi connectivity index (χ4n) is 4.56. The first kappa shape index (κ1) is 19.6. The largest absolute Gasteiger partial charge is 0.492 e. The summed E-state index contributed by atoms with van der Waals surface area (Å²) in [7, 11) is 0. The molecular weight excluding hydrogens is 420 g/mol. The van der Waals surface area contributed by atoms with Crippen molar-refractivity contribution in [2.45, 2.75) is 26.3 Å². The number of nitrogens with zero attached hydrogens (tertiary/aromatic N) is 4. The minimum Gasteiger partial charge on any atom is -0.492 e. The molecule has 0 bridgehead atoms. The van der Waals surface area contributed by atoms with Gasteiger partial charge >= 0.3 is 0 Å². The zero-order chi connectivity index (χ0) is 20.8. The highest BCUT2D eigenvalue weighted by Gasteiger charge is 2.34. The Bertz CT molecular complexity index is 1160. The lowest BCUT2D eigenvalue weighted by Gasteiger charge is -2.40. The molecule has 6 nitrogen and oxygen atoms in total. The second-order valence-electron chi connectivity index (χ2n) is 8.22. The maximum atomic E-state index is 11.2. The van der Waals surface area contributed by atoms with Crippen LogP contribution in [0.4, 0.5) is 0 Å². The summed E-state index contributed by atoms with van der Waals surface area (Å²) >= 11 is 8.07. The molecule has 1 saturated heterocycles. The van der Waals surface area contributed by atoms with E-state index < -0.39 is 0 Å². The van der Waals surface area contributed by atoms with Gasteiger partial charge in [0.05, 0.1) is 17.2 Å². The van der Waals surface area contributed by atoms with Crippen LogP contribution in [0.2, 0.25) is 5.02 Å². The second-order valence-corrected chi connectivity index (χ2v) is 9.64. The number of aromatic hydroxyl groups is 1. The zero-order valence-corrected chi connectivity index (χ0v) is 18.4. The van der Waals surface area contributed by atoms with Crippen molar-refractivity contribution in [2.75, 3.05) is 13.1 Å². The Kier molecular flexibility index (Phi) is 5.05. The number of aromatic nitrogens is 3. The van der Waals surface area contributed by atoms with E-state index >= 15 is 0 Å². The molecule has 1 fully saturated rings. The highest BCUT2D eigenvalue weighted by atomic mass is 35.5. The molecule has 1 aliphatic rings. The van der Waals surface area contributed by atoms with Crippen LogP contribution in [0.25, 0.3) is 16.5 Å². The van der Waals surface area contributed by atoms with E-state index in [4.69, 9.17) is 16.0 Å². The maximum Gasteiger partial charge on any atom is 0.230 e. The van der Waals surface area contributed by atoms with Gasteiger partial charge in [0.25, 0.3) is 0 Å². The smallest absolute Gasteiger partial charge is 0.230 e. The van der Waals surface area contributed by atoms with Crippen LogP contribution in [-0.2, 0) is 0 Å². The minimum atomic E-state index is -0.149. The lowest BCUT2D eigenvalue weighted by molar-refractivity contribution is 0.112. The number of furan rings is 1. The van der Waals surface area contributed by atoms with Gasteiger partial charge in [0.15, 0.2) is 5.76 Å². The number of thiazole rings is 1. The molecule has 0 radical (unpaired) electrons. The van der Waals surface area contributed by atoms with E-state index in [9.17, 15) is 5.11 Å². The third-order valence-electron chi connectivity index (χ3n) is 5.65. The van der Waals surface area contributed by atoms with Gasteiger partial charge in [-0.3, -0.25) is 4.90 Å². The van der Waals surface area contributed by atoms with Crippen molar-refractivity contribution in [2.24, 2.45) is 11.8 Å². The van der Waals surface area contributed by atoms with Crippen LogP contribution in [0.3, 0.4) is 0 Å². The van der Waals surface area contributed by atoms with Crippen molar-refractivity contribution in [1.82, 2.24) is 19.5 Å². The zero-order valence-electron chi connectivity index (χ0n) is 16.8. The van der Waals surface area contributed by atoms with Crippen molar-refractivity contribution in [1.29, 1.82) is 0 Å². The lowest BCUT2D eigenvalue weighted by atomic mass is 9.89. The monoisotopic (exact) mass is 442 g/mol. The molecule has 30 heavy (non-hydrogen) atoms.